The lowest BCUT2D eigenvalue weighted by Gasteiger charge is -2.27. The number of rotatable bonds is 14. The number of carbonyl (C=O) groups excluding carboxylic acids is 4. The molecule has 1 saturated heterocycles. The second-order valence-corrected chi connectivity index (χ2v) is 10.5. The number of imide groups is 2. The van der Waals surface area contributed by atoms with Crippen molar-refractivity contribution in [2.45, 2.75) is 88.0 Å². The monoisotopic (exact) mass is 504 g/mol. The molecule has 2 aliphatic heterocycles. The van der Waals surface area contributed by atoms with Crippen LogP contribution in [0.2, 0.25) is 0 Å². The number of nitrogens with zero attached hydrogens (tertiary/aromatic N) is 1. The van der Waals surface area contributed by atoms with E-state index in [-0.39, 0.29) is 30.4 Å². The number of piperidine rings is 1. The zero-order valence-corrected chi connectivity index (χ0v) is 20.6. The van der Waals surface area contributed by atoms with Gasteiger partial charge in [-0.1, -0.05) is 44.6 Å². The van der Waals surface area contributed by atoms with Gasteiger partial charge in [0.15, 0.2) is 4.90 Å². The Morgan fingerprint density at radius 1 is 0.971 bits per heavy atom. The fourth-order valence-corrected chi connectivity index (χ4v) is 5.87. The summed E-state index contributed by atoms with van der Waals surface area (Å²) in [5, 5.41) is 10.8. The maximum absolute atomic E-state index is 13.1. The van der Waals surface area contributed by atoms with Crippen LogP contribution < -0.4 is 5.32 Å². The summed E-state index contributed by atoms with van der Waals surface area (Å²) in [6.45, 7) is 0. The highest BCUT2D eigenvalue weighted by Gasteiger charge is 2.47. The molecule has 0 aromatic heterocycles. The summed E-state index contributed by atoms with van der Waals surface area (Å²) in [5.41, 5.74) is 0.248. The van der Waals surface area contributed by atoms with Crippen LogP contribution in [0.15, 0.2) is 23.1 Å². The van der Waals surface area contributed by atoms with Crippen molar-refractivity contribution in [3.63, 3.8) is 0 Å². The number of aliphatic carboxylic acids is 1. The van der Waals surface area contributed by atoms with E-state index in [1.54, 1.807) is 12.1 Å². The lowest BCUT2D eigenvalue weighted by Crippen LogP contribution is -2.54. The second kappa shape index (κ2) is 12.8. The molecular formula is C25H32N2O7S. The number of hydrogen-bond donors (Lipinski definition) is 2. The minimum Gasteiger partial charge on any atom is -0.611 e. The maximum atomic E-state index is 13.1. The van der Waals surface area contributed by atoms with E-state index in [0.29, 0.717) is 10.6 Å². The molecule has 0 aliphatic carbocycles. The van der Waals surface area contributed by atoms with Crippen LogP contribution in [0, 0.1) is 0 Å². The van der Waals surface area contributed by atoms with Crippen molar-refractivity contribution in [2.75, 3.05) is 5.75 Å². The molecule has 10 heteroatoms. The molecule has 190 valence electrons. The van der Waals surface area contributed by atoms with Gasteiger partial charge < -0.3 is 9.66 Å². The summed E-state index contributed by atoms with van der Waals surface area (Å²) < 4.78 is 13.0. The first-order chi connectivity index (χ1) is 16.8. The topological polar surface area (TPSA) is 144 Å². The molecule has 0 saturated carbocycles. The number of fused-ring (bicyclic) bond motifs is 1. The molecule has 9 nitrogen and oxygen atoms in total. The van der Waals surface area contributed by atoms with Gasteiger partial charge in [0.25, 0.3) is 11.8 Å². The largest absolute Gasteiger partial charge is 0.611 e. The van der Waals surface area contributed by atoms with E-state index >= 15 is 0 Å². The summed E-state index contributed by atoms with van der Waals surface area (Å²) in [7, 11) is 0. The van der Waals surface area contributed by atoms with Crippen LogP contribution in [-0.4, -0.2) is 56.0 Å². The van der Waals surface area contributed by atoms with E-state index in [1.807, 2.05) is 0 Å². The van der Waals surface area contributed by atoms with E-state index in [9.17, 15) is 28.5 Å². The molecule has 0 spiro atoms. The number of carbonyl (C=O) groups is 5. The zero-order chi connectivity index (χ0) is 25.4. The molecule has 0 radical (unpaired) electrons. The first-order valence-corrected chi connectivity index (χ1v) is 13.6. The standard InChI is InChI=1S/C25H32N2O7S/c28-20-15-14-18(23(31)26-20)27-24(32)17-11-10-12-19(22(17)25(27)33)35(34)16-9-7-5-3-1-2-4-6-8-13-21(29)30/h10-12,18H,1-9,13-16H2,(H,29,30)(H,26,28,31). The maximum Gasteiger partial charge on any atom is 0.303 e. The van der Waals surface area contributed by atoms with Gasteiger partial charge in [0, 0.05) is 12.8 Å². The van der Waals surface area contributed by atoms with Gasteiger partial charge in [0.05, 0.1) is 5.56 Å². The first kappa shape index (κ1) is 26.9. The quantitative estimate of drug-likeness (QED) is 0.225. The lowest BCUT2D eigenvalue weighted by molar-refractivity contribution is -0.138. The number of hydrogen-bond acceptors (Lipinski definition) is 6. The molecule has 1 aromatic rings. The van der Waals surface area contributed by atoms with E-state index in [4.69, 9.17) is 5.11 Å². The van der Waals surface area contributed by atoms with Crippen LogP contribution in [0.4, 0.5) is 0 Å². The third kappa shape index (κ3) is 6.91. The third-order valence-corrected chi connectivity index (χ3v) is 7.89. The average molecular weight is 505 g/mol. The Bertz CT molecular complexity index is 981. The van der Waals surface area contributed by atoms with E-state index in [0.717, 1.165) is 62.7 Å². The van der Waals surface area contributed by atoms with E-state index in [2.05, 4.69) is 5.32 Å². The summed E-state index contributed by atoms with van der Waals surface area (Å²) >= 11 is -1.45. The highest BCUT2D eigenvalue weighted by molar-refractivity contribution is 7.91. The molecule has 4 amide bonds. The van der Waals surface area contributed by atoms with Gasteiger partial charge in [0.1, 0.15) is 17.4 Å². The van der Waals surface area contributed by atoms with Gasteiger partial charge in [-0.25, -0.2) is 0 Å². The van der Waals surface area contributed by atoms with Crippen molar-refractivity contribution in [3.05, 3.63) is 29.3 Å². The van der Waals surface area contributed by atoms with Gasteiger partial charge in [-0.3, -0.25) is 34.2 Å². The highest BCUT2D eigenvalue weighted by Crippen LogP contribution is 2.32. The fourth-order valence-electron chi connectivity index (χ4n) is 4.53. The van der Waals surface area contributed by atoms with Gasteiger partial charge in [0.2, 0.25) is 11.8 Å². The summed E-state index contributed by atoms with van der Waals surface area (Å²) in [5.74, 6) is -2.69. The Labute approximate surface area is 207 Å². The molecule has 0 bridgehead atoms. The lowest BCUT2D eigenvalue weighted by atomic mass is 10.0. The Balaban J connectivity index is 1.45. The first-order valence-electron chi connectivity index (χ1n) is 12.3. The van der Waals surface area contributed by atoms with Crippen molar-refractivity contribution >= 4 is 40.8 Å². The number of nitrogens with one attached hydrogen (secondary N) is 1. The van der Waals surface area contributed by atoms with Crippen LogP contribution in [0.1, 0.15) is 97.8 Å². The van der Waals surface area contributed by atoms with Gasteiger partial charge in [-0.15, -0.1) is 0 Å². The molecule has 1 aromatic carbocycles. The normalized spacial score (nSPS) is 18.5. The van der Waals surface area contributed by atoms with E-state index in [1.165, 1.54) is 6.07 Å². The molecule has 2 N–H and O–H groups in total. The number of amides is 4. The Hall–Kier alpha value is -2.72. The minimum atomic E-state index is -1.45. The summed E-state index contributed by atoms with van der Waals surface area (Å²) in [6.07, 6.45) is 8.97. The Morgan fingerprint density at radius 3 is 2.23 bits per heavy atom. The van der Waals surface area contributed by atoms with Crippen molar-refractivity contribution in [2.24, 2.45) is 0 Å². The van der Waals surface area contributed by atoms with Crippen LogP contribution >= 0.6 is 0 Å². The van der Waals surface area contributed by atoms with E-state index < -0.39 is 46.8 Å². The molecule has 1 fully saturated rings. The summed E-state index contributed by atoms with van der Waals surface area (Å²) in [6, 6.07) is 3.66. The SMILES string of the molecule is O=C(O)CCCCCCCCCCC[S+]([O-])c1cccc2c1C(=O)N(C1CCC(=O)NC1=O)C2=O. The second-order valence-electron chi connectivity index (χ2n) is 9.00. The molecule has 2 unspecified atom stereocenters. The molecule has 2 heterocycles. The Kier molecular flexibility index (Phi) is 9.85. The number of unbranched alkanes of at least 4 members (excludes halogenated alkanes) is 8. The predicted octanol–water partition coefficient (Wildman–Crippen LogP) is 3.18. The molecule has 2 aliphatic rings. The highest BCUT2D eigenvalue weighted by atomic mass is 32.2. The number of carboxylic acid groups (broad SMARTS) is 1. The van der Waals surface area contributed by atoms with Crippen LogP contribution in [0.25, 0.3) is 0 Å². The average Bonchev–Trinajstić information content (AvgIpc) is 3.07. The van der Waals surface area contributed by atoms with Crippen molar-refractivity contribution in [1.29, 1.82) is 0 Å². The fraction of sp³-hybridized carbons (Fsp3) is 0.560. The van der Waals surface area contributed by atoms with Gasteiger partial charge in [-0.2, -0.15) is 0 Å². The van der Waals surface area contributed by atoms with Gasteiger partial charge in [-0.05, 0) is 49.0 Å². The number of benzene rings is 1. The summed E-state index contributed by atoms with van der Waals surface area (Å²) in [4.78, 5) is 61.4. The van der Waals surface area contributed by atoms with Crippen LogP contribution in [0.3, 0.4) is 0 Å². The molecule has 3 rings (SSSR count). The third-order valence-electron chi connectivity index (χ3n) is 6.40. The zero-order valence-electron chi connectivity index (χ0n) is 19.8. The number of carboxylic acids is 1. The smallest absolute Gasteiger partial charge is 0.303 e. The van der Waals surface area contributed by atoms with Crippen LogP contribution in [0.5, 0.6) is 0 Å². The Morgan fingerprint density at radius 2 is 1.60 bits per heavy atom. The van der Waals surface area contributed by atoms with Crippen molar-refractivity contribution < 1.29 is 33.6 Å². The molecular weight excluding hydrogens is 472 g/mol. The minimum absolute atomic E-state index is 0.0489. The predicted molar refractivity (Wildman–Crippen MR) is 128 cm³/mol. The molecule has 2 atom stereocenters. The van der Waals surface area contributed by atoms with Crippen molar-refractivity contribution in [1.82, 2.24) is 10.2 Å². The molecule has 35 heavy (non-hydrogen) atoms. The van der Waals surface area contributed by atoms with Gasteiger partial charge >= 0.3 is 5.97 Å². The van der Waals surface area contributed by atoms with Crippen LogP contribution in [-0.2, 0) is 25.6 Å². The van der Waals surface area contributed by atoms with Crippen molar-refractivity contribution in [3.8, 4) is 0 Å².